The number of rotatable bonds is 6. The number of hydrogen-bond donors (Lipinski definition) is 3. The Morgan fingerprint density at radius 1 is 1.11 bits per heavy atom. The molecule has 1 saturated carbocycles. The molecule has 2 rings (SSSR count). The Balaban J connectivity index is 1.62. The van der Waals surface area contributed by atoms with Crippen molar-refractivity contribution in [2.45, 2.75) is 38.6 Å². The Bertz CT molecular complexity index is 242. The van der Waals surface area contributed by atoms with E-state index in [-0.39, 0.29) is 6.61 Å². The van der Waals surface area contributed by atoms with Gasteiger partial charge in [0.1, 0.15) is 32.7 Å². The molecule has 2 fully saturated rings. The summed E-state index contributed by atoms with van der Waals surface area (Å²) in [4.78, 5) is 3.55. The van der Waals surface area contributed by atoms with E-state index < -0.39 is 0 Å². The van der Waals surface area contributed by atoms with E-state index in [1.807, 2.05) is 4.90 Å². The van der Waals surface area contributed by atoms with Crippen molar-refractivity contribution in [2.75, 3.05) is 52.5 Å². The summed E-state index contributed by atoms with van der Waals surface area (Å²) in [5, 5.41) is 8.67. The van der Waals surface area contributed by atoms with Gasteiger partial charge in [0, 0.05) is 6.42 Å². The highest BCUT2D eigenvalue weighted by molar-refractivity contribution is 4.69. The first-order valence-electron chi connectivity index (χ1n) is 8.16. The number of quaternary nitrogens is 2. The molecule has 0 unspecified atom stereocenters. The second-order valence-electron chi connectivity index (χ2n) is 6.46. The SMILES string of the molecule is C[C@@H]1CCC[C@H]([NH+]2CC[NH+](CCOCCO)CC2)C1. The topological polar surface area (TPSA) is 38.3 Å². The number of nitrogens with one attached hydrogen (secondary N) is 2. The Labute approximate surface area is 117 Å². The van der Waals surface area contributed by atoms with Gasteiger partial charge in [-0.05, 0) is 18.8 Å². The van der Waals surface area contributed by atoms with E-state index in [0.717, 1.165) is 25.1 Å². The molecule has 1 aliphatic heterocycles. The zero-order valence-electron chi connectivity index (χ0n) is 12.5. The number of aliphatic hydroxyl groups excluding tert-OH is 1. The van der Waals surface area contributed by atoms with E-state index in [9.17, 15) is 0 Å². The molecule has 112 valence electrons. The molecule has 0 spiro atoms. The second kappa shape index (κ2) is 8.20. The molecule has 4 nitrogen and oxygen atoms in total. The maximum absolute atomic E-state index is 8.67. The van der Waals surface area contributed by atoms with Gasteiger partial charge in [-0.2, -0.15) is 0 Å². The van der Waals surface area contributed by atoms with Crippen molar-refractivity contribution in [3.63, 3.8) is 0 Å². The summed E-state index contributed by atoms with van der Waals surface area (Å²) in [7, 11) is 0. The molecule has 2 aliphatic rings. The zero-order valence-corrected chi connectivity index (χ0v) is 12.5. The lowest BCUT2D eigenvalue weighted by Gasteiger charge is -2.37. The molecule has 0 radical (unpaired) electrons. The van der Waals surface area contributed by atoms with Crippen molar-refractivity contribution in [2.24, 2.45) is 5.92 Å². The molecule has 0 amide bonds. The molecule has 0 aromatic heterocycles. The number of hydrogen-bond acceptors (Lipinski definition) is 2. The summed E-state index contributed by atoms with van der Waals surface area (Å²) in [5.74, 6) is 0.948. The monoisotopic (exact) mass is 272 g/mol. The predicted octanol–water partition coefficient (Wildman–Crippen LogP) is -1.64. The van der Waals surface area contributed by atoms with Crippen LogP contribution in [0.15, 0.2) is 0 Å². The smallest absolute Gasteiger partial charge is 0.127 e. The molecule has 1 heterocycles. The lowest BCUT2D eigenvalue weighted by Crippen LogP contribution is -3.29. The predicted molar refractivity (Wildman–Crippen MR) is 75.6 cm³/mol. The molecule has 1 aliphatic carbocycles. The maximum Gasteiger partial charge on any atom is 0.127 e. The molecule has 19 heavy (non-hydrogen) atoms. The highest BCUT2D eigenvalue weighted by Gasteiger charge is 2.31. The highest BCUT2D eigenvalue weighted by Crippen LogP contribution is 2.21. The van der Waals surface area contributed by atoms with E-state index in [2.05, 4.69) is 6.92 Å². The van der Waals surface area contributed by atoms with Crippen molar-refractivity contribution in [3.8, 4) is 0 Å². The standard InChI is InChI=1S/C15H30N2O2/c1-14-3-2-4-15(13-14)17-7-5-16(6-8-17)9-11-19-12-10-18/h14-15,18H,2-13H2,1H3/p+2/t14-,15+/m1/s1. The van der Waals surface area contributed by atoms with Gasteiger partial charge in [0.2, 0.25) is 0 Å². The number of ether oxygens (including phenoxy) is 1. The van der Waals surface area contributed by atoms with Gasteiger partial charge in [-0.15, -0.1) is 0 Å². The molecule has 1 saturated heterocycles. The molecule has 2 atom stereocenters. The van der Waals surface area contributed by atoms with Gasteiger partial charge < -0.3 is 19.6 Å². The molecule has 3 N–H and O–H groups in total. The number of piperazine rings is 1. The van der Waals surface area contributed by atoms with E-state index in [0.29, 0.717) is 6.61 Å². The first-order chi connectivity index (χ1) is 9.29. The van der Waals surface area contributed by atoms with Gasteiger partial charge in [0.15, 0.2) is 0 Å². The van der Waals surface area contributed by atoms with Crippen LogP contribution >= 0.6 is 0 Å². The third kappa shape index (κ3) is 5.03. The fraction of sp³-hybridized carbons (Fsp3) is 1.00. The van der Waals surface area contributed by atoms with Crippen LogP contribution in [-0.4, -0.2) is 63.7 Å². The lowest BCUT2D eigenvalue weighted by atomic mass is 9.86. The van der Waals surface area contributed by atoms with Gasteiger partial charge in [0.25, 0.3) is 0 Å². The largest absolute Gasteiger partial charge is 0.394 e. The van der Waals surface area contributed by atoms with E-state index in [4.69, 9.17) is 9.84 Å². The normalized spacial score (nSPS) is 36.3. The molecule has 0 bridgehead atoms. The summed E-state index contributed by atoms with van der Waals surface area (Å²) in [5.41, 5.74) is 0. The Morgan fingerprint density at radius 2 is 1.89 bits per heavy atom. The van der Waals surface area contributed by atoms with Crippen LogP contribution in [-0.2, 0) is 4.74 Å². The van der Waals surface area contributed by atoms with Crippen LogP contribution < -0.4 is 9.80 Å². The van der Waals surface area contributed by atoms with Crippen molar-refractivity contribution in [1.29, 1.82) is 0 Å². The summed E-state index contributed by atoms with van der Waals surface area (Å²) in [6.07, 6.45) is 5.79. The lowest BCUT2D eigenvalue weighted by molar-refractivity contribution is -1.02. The summed E-state index contributed by atoms with van der Waals surface area (Å²) in [6.45, 7) is 10.2. The Morgan fingerprint density at radius 3 is 2.58 bits per heavy atom. The zero-order chi connectivity index (χ0) is 13.5. The third-order valence-electron chi connectivity index (χ3n) is 4.95. The first-order valence-corrected chi connectivity index (χ1v) is 8.16. The van der Waals surface area contributed by atoms with E-state index in [1.165, 1.54) is 51.9 Å². The quantitative estimate of drug-likeness (QED) is 0.507. The second-order valence-corrected chi connectivity index (χ2v) is 6.46. The van der Waals surface area contributed by atoms with Crippen molar-refractivity contribution in [3.05, 3.63) is 0 Å². The fourth-order valence-electron chi connectivity index (χ4n) is 3.77. The van der Waals surface area contributed by atoms with Gasteiger partial charge in [-0.3, -0.25) is 0 Å². The van der Waals surface area contributed by atoms with E-state index in [1.54, 1.807) is 4.90 Å². The van der Waals surface area contributed by atoms with Crippen LogP contribution in [0.5, 0.6) is 0 Å². The van der Waals surface area contributed by atoms with Crippen LogP contribution in [0.4, 0.5) is 0 Å². The minimum atomic E-state index is 0.146. The van der Waals surface area contributed by atoms with Crippen molar-refractivity contribution in [1.82, 2.24) is 0 Å². The van der Waals surface area contributed by atoms with Crippen LogP contribution in [0.2, 0.25) is 0 Å². The average Bonchev–Trinajstić information content (AvgIpc) is 2.44. The Kier molecular flexibility index (Phi) is 6.57. The third-order valence-corrected chi connectivity index (χ3v) is 4.95. The van der Waals surface area contributed by atoms with Crippen LogP contribution in [0.25, 0.3) is 0 Å². The number of aliphatic hydroxyl groups is 1. The van der Waals surface area contributed by atoms with Crippen molar-refractivity contribution < 1.29 is 19.6 Å². The Hall–Kier alpha value is -0.160. The summed E-state index contributed by atoms with van der Waals surface area (Å²) >= 11 is 0. The minimum absolute atomic E-state index is 0.146. The minimum Gasteiger partial charge on any atom is -0.394 e. The maximum atomic E-state index is 8.67. The molecular weight excluding hydrogens is 240 g/mol. The van der Waals surface area contributed by atoms with Gasteiger partial charge in [0.05, 0.1) is 25.9 Å². The molecular formula is C15H32N2O2+2. The van der Waals surface area contributed by atoms with Crippen LogP contribution in [0.1, 0.15) is 32.6 Å². The van der Waals surface area contributed by atoms with Crippen LogP contribution in [0.3, 0.4) is 0 Å². The summed E-state index contributed by atoms with van der Waals surface area (Å²) in [6, 6.07) is 0.941. The van der Waals surface area contributed by atoms with Gasteiger partial charge in [-0.1, -0.05) is 13.3 Å². The van der Waals surface area contributed by atoms with Crippen LogP contribution in [0, 0.1) is 5.92 Å². The van der Waals surface area contributed by atoms with Gasteiger partial charge in [-0.25, -0.2) is 0 Å². The van der Waals surface area contributed by atoms with Crippen molar-refractivity contribution >= 4 is 0 Å². The fourth-order valence-corrected chi connectivity index (χ4v) is 3.77. The molecule has 4 heteroatoms. The highest BCUT2D eigenvalue weighted by atomic mass is 16.5. The average molecular weight is 272 g/mol. The van der Waals surface area contributed by atoms with E-state index >= 15 is 0 Å². The first kappa shape index (κ1) is 15.2. The summed E-state index contributed by atoms with van der Waals surface area (Å²) < 4.78 is 5.37. The van der Waals surface area contributed by atoms with Gasteiger partial charge >= 0.3 is 0 Å². The molecule has 0 aromatic carbocycles. The molecule has 0 aromatic rings.